The minimum absolute atomic E-state index is 0.242. The molecule has 0 amide bonds. The number of benzene rings is 2. The van der Waals surface area contributed by atoms with E-state index in [1.165, 1.54) is 24.1 Å². The van der Waals surface area contributed by atoms with Crippen LogP contribution in [0.2, 0.25) is 0 Å². The number of hydrogen-bond donors (Lipinski definition) is 2. The standard InChI is InChI=1S/C27H37NO5S2/c1-5-8-15-27(6-2)19-28(21-12-10-9-11-13-21)22-17-24(34-4)23(18-25(22)35(30,31)20-27)33-16-14-26(29)32-7-3/h9-14,16-18,30-31H,5-8,15,19-20H2,1-4H3/b16-14+. The molecule has 2 aromatic rings. The Bertz CT molecular complexity index is 1030. The van der Waals surface area contributed by atoms with Gasteiger partial charge in [-0.05, 0) is 44.2 Å². The number of carbonyl (C=O) groups is 1. The monoisotopic (exact) mass is 519 g/mol. The normalized spacial score (nSPS) is 20.2. The van der Waals surface area contributed by atoms with Crippen molar-refractivity contribution in [2.45, 2.75) is 56.2 Å². The zero-order chi connectivity index (χ0) is 25.5. The van der Waals surface area contributed by atoms with Crippen molar-refractivity contribution < 1.29 is 23.4 Å². The second-order valence-electron chi connectivity index (χ2n) is 8.83. The first-order valence-corrected chi connectivity index (χ1v) is 15.0. The Hall–Kier alpha value is -2.13. The van der Waals surface area contributed by atoms with Gasteiger partial charge < -0.3 is 14.4 Å². The van der Waals surface area contributed by atoms with E-state index in [0.29, 0.717) is 22.9 Å². The van der Waals surface area contributed by atoms with Gasteiger partial charge in [-0.15, -0.1) is 11.8 Å². The van der Waals surface area contributed by atoms with Gasteiger partial charge in [-0.25, -0.2) is 4.79 Å². The Morgan fingerprint density at radius 3 is 2.57 bits per heavy atom. The van der Waals surface area contributed by atoms with Crippen LogP contribution in [0.3, 0.4) is 0 Å². The number of fused-ring (bicyclic) bond motifs is 1. The summed E-state index contributed by atoms with van der Waals surface area (Å²) >= 11 is 1.51. The summed E-state index contributed by atoms with van der Waals surface area (Å²) in [6.07, 6.45) is 8.32. The Kier molecular flexibility index (Phi) is 9.58. The Morgan fingerprint density at radius 1 is 1.20 bits per heavy atom. The van der Waals surface area contributed by atoms with E-state index in [2.05, 4.69) is 30.9 Å². The summed E-state index contributed by atoms with van der Waals surface area (Å²) in [4.78, 5) is 15.2. The number of anilines is 2. The van der Waals surface area contributed by atoms with Crippen molar-refractivity contribution in [2.75, 3.05) is 30.1 Å². The topological polar surface area (TPSA) is 79.2 Å². The van der Waals surface area contributed by atoms with Gasteiger partial charge in [-0.1, -0.05) is 44.9 Å². The second-order valence-corrected chi connectivity index (χ2v) is 11.7. The predicted octanol–water partition coefficient (Wildman–Crippen LogP) is 7.71. The van der Waals surface area contributed by atoms with Crippen molar-refractivity contribution in [3.05, 3.63) is 54.8 Å². The average Bonchev–Trinajstić information content (AvgIpc) is 2.95. The lowest BCUT2D eigenvalue weighted by molar-refractivity contribution is -0.137. The van der Waals surface area contributed by atoms with E-state index in [0.717, 1.165) is 42.0 Å². The molecule has 2 N–H and O–H groups in total. The lowest BCUT2D eigenvalue weighted by Gasteiger charge is -2.41. The van der Waals surface area contributed by atoms with Crippen molar-refractivity contribution >= 4 is 39.7 Å². The van der Waals surface area contributed by atoms with Gasteiger partial charge in [0.15, 0.2) is 0 Å². The highest BCUT2D eigenvalue weighted by molar-refractivity contribution is 8.24. The number of rotatable bonds is 10. The zero-order valence-electron chi connectivity index (χ0n) is 21.0. The number of thioether (sulfide) groups is 1. The third-order valence-electron chi connectivity index (χ3n) is 6.45. The fourth-order valence-electron chi connectivity index (χ4n) is 4.51. The molecule has 1 heterocycles. The highest BCUT2D eigenvalue weighted by Crippen LogP contribution is 2.62. The number of para-hydroxylation sites is 1. The van der Waals surface area contributed by atoms with Gasteiger partial charge in [0.25, 0.3) is 0 Å². The van der Waals surface area contributed by atoms with Gasteiger partial charge in [0, 0.05) is 29.5 Å². The van der Waals surface area contributed by atoms with Crippen LogP contribution in [0, 0.1) is 5.41 Å². The number of nitrogens with zero attached hydrogens (tertiary/aromatic N) is 1. The molecule has 6 nitrogen and oxygen atoms in total. The molecule has 1 unspecified atom stereocenters. The summed E-state index contributed by atoms with van der Waals surface area (Å²) < 4.78 is 33.8. The molecule has 192 valence electrons. The minimum atomic E-state index is -3.11. The summed E-state index contributed by atoms with van der Waals surface area (Å²) in [5.41, 5.74) is 1.56. The van der Waals surface area contributed by atoms with Gasteiger partial charge >= 0.3 is 5.97 Å². The van der Waals surface area contributed by atoms with Gasteiger partial charge in [0.2, 0.25) is 0 Å². The molecule has 0 saturated heterocycles. The molecule has 1 aliphatic heterocycles. The van der Waals surface area contributed by atoms with E-state index in [9.17, 15) is 13.9 Å². The van der Waals surface area contributed by atoms with Crippen LogP contribution in [0.5, 0.6) is 5.75 Å². The van der Waals surface area contributed by atoms with Crippen molar-refractivity contribution in [3.63, 3.8) is 0 Å². The molecule has 0 radical (unpaired) electrons. The van der Waals surface area contributed by atoms with Crippen LogP contribution in [0.1, 0.15) is 46.5 Å². The van der Waals surface area contributed by atoms with Crippen molar-refractivity contribution in [3.8, 4) is 5.75 Å². The summed E-state index contributed by atoms with van der Waals surface area (Å²) in [5.74, 6) is 0.294. The van der Waals surface area contributed by atoms with E-state index in [1.54, 1.807) is 13.0 Å². The molecule has 35 heavy (non-hydrogen) atoms. The molecule has 3 rings (SSSR count). The fourth-order valence-corrected chi connectivity index (χ4v) is 7.30. The van der Waals surface area contributed by atoms with Gasteiger partial charge in [0.05, 0.1) is 34.4 Å². The lowest BCUT2D eigenvalue weighted by atomic mass is 9.81. The summed E-state index contributed by atoms with van der Waals surface area (Å²) in [7, 11) is -3.11. The first-order chi connectivity index (χ1) is 16.8. The fraction of sp³-hybridized carbons (Fsp3) is 0.444. The molecule has 0 fully saturated rings. The average molecular weight is 520 g/mol. The van der Waals surface area contributed by atoms with Crippen LogP contribution in [-0.2, 0) is 9.53 Å². The highest BCUT2D eigenvalue weighted by Gasteiger charge is 2.42. The molecule has 0 aromatic heterocycles. The summed E-state index contributed by atoms with van der Waals surface area (Å²) in [6.45, 7) is 7.04. The predicted molar refractivity (Wildman–Crippen MR) is 146 cm³/mol. The van der Waals surface area contributed by atoms with E-state index in [-0.39, 0.29) is 12.0 Å². The molecule has 8 heteroatoms. The molecule has 0 spiro atoms. The van der Waals surface area contributed by atoms with Gasteiger partial charge in [-0.3, -0.25) is 9.11 Å². The van der Waals surface area contributed by atoms with Gasteiger partial charge in [0.1, 0.15) is 5.75 Å². The summed E-state index contributed by atoms with van der Waals surface area (Å²) in [6, 6.07) is 13.8. The number of carbonyl (C=O) groups excluding carboxylic acids is 1. The van der Waals surface area contributed by atoms with Crippen LogP contribution in [0.4, 0.5) is 11.4 Å². The van der Waals surface area contributed by atoms with Crippen LogP contribution >= 0.6 is 22.4 Å². The number of unbranched alkanes of at least 4 members (excludes halogenated alkanes) is 1. The Balaban J connectivity index is 2.13. The molecular formula is C27H37NO5S2. The third kappa shape index (κ3) is 6.55. The molecular weight excluding hydrogens is 482 g/mol. The van der Waals surface area contributed by atoms with E-state index < -0.39 is 16.6 Å². The second kappa shape index (κ2) is 12.2. The summed E-state index contributed by atoms with van der Waals surface area (Å²) in [5, 5.41) is 0. The third-order valence-corrected chi connectivity index (χ3v) is 9.26. The maximum atomic E-state index is 11.7. The largest absolute Gasteiger partial charge is 0.463 e. The van der Waals surface area contributed by atoms with Crippen LogP contribution in [0.15, 0.2) is 64.6 Å². The van der Waals surface area contributed by atoms with Crippen LogP contribution in [-0.4, -0.2) is 40.2 Å². The smallest absolute Gasteiger partial charge is 0.333 e. The van der Waals surface area contributed by atoms with Crippen molar-refractivity contribution in [2.24, 2.45) is 5.41 Å². The quantitative estimate of drug-likeness (QED) is 0.144. The zero-order valence-corrected chi connectivity index (χ0v) is 22.7. The molecule has 1 atom stereocenters. The number of ether oxygens (including phenoxy) is 2. The minimum Gasteiger partial charge on any atom is -0.463 e. The van der Waals surface area contributed by atoms with Crippen molar-refractivity contribution in [1.29, 1.82) is 0 Å². The molecule has 1 aliphatic rings. The number of esters is 1. The SMILES string of the molecule is CCCCC1(CC)CN(c2ccccc2)c2cc(SC)c(O/C=C/C(=O)OCC)cc2S(O)(O)C1. The first-order valence-electron chi connectivity index (χ1n) is 12.1. The van der Waals surface area contributed by atoms with E-state index >= 15 is 0 Å². The maximum Gasteiger partial charge on any atom is 0.333 e. The number of hydrogen-bond acceptors (Lipinski definition) is 7. The molecule has 0 aliphatic carbocycles. The van der Waals surface area contributed by atoms with Crippen molar-refractivity contribution in [1.82, 2.24) is 0 Å². The van der Waals surface area contributed by atoms with E-state index in [1.807, 2.05) is 30.5 Å². The maximum absolute atomic E-state index is 11.7. The molecule has 0 saturated carbocycles. The Labute approximate surface area is 215 Å². The lowest BCUT2D eigenvalue weighted by Crippen LogP contribution is -2.37. The first kappa shape index (κ1) is 27.5. The molecule has 2 aromatic carbocycles. The highest BCUT2D eigenvalue weighted by atomic mass is 32.3. The van der Waals surface area contributed by atoms with E-state index in [4.69, 9.17) is 9.47 Å². The van der Waals surface area contributed by atoms with Crippen LogP contribution < -0.4 is 9.64 Å². The Morgan fingerprint density at radius 2 is 1.94 bits per heavy atom. The molecule has 0 bridgehead atoms. The van der Waals surface area contributed by atoms with Gasteiger partial charge in [-0.2, -0.15) is 10.6 Å². The van der Waals surface area contributed by atoms with Crippen LogP contribution in [0.25, 0.3) is 0 Å².